The molecule has 0 radical (unpaired) electrons. The molecular formula is C18H18F4O. The van der Waals surface area contributed by atoms with Crippen LogP contribution >= 0.6 is 0 Å². The molecule has 0 atom stereocenters. The number of hydrogen-bond donors (Lipinski definition) is 0. The van der Waals surface area contributed by atoms with E-state index in [4.69, 9.17) is 4.74 Å². The largest absolute Gasteiger partial charge is 0.491 e. The molecule has 0 fully saturated rings. The second kappa shape index (κ2) is 7.49. The van der Waals surface area contributed by atoms with Crippen LogP contribution in [0.2, 0.25) is 0 Å². The number of benzene rings is 2. The fourth-order valence-electron chi connectivity index (χ4n) is 2.36. The quantitative estimate of drug-likeness (QED) is 0.623. The van der Waals surface area contributed by atoms with Crippen molar-refractivity contribution in [1.82, 2.24) is 0 Å². The van der Waals surface area contributed by atoms with Crippen molar-refractivity contribution in [2.24, 2.45) is 0 Å². The molecule has 0 bridgehead atoms. The van der Waals surface area contributed by atoms with Crippen molar-refractivity contribution in [2.45, 2.75) is 33.1 Å². The van der Waals surface area contributed by atoms with E-state index >= 15 is 0 Å². The Morgan fingerprint density at radius 3 is 2.00 bits per heavy atom. The maximum atomic E-state index is 14.2. The molecule has 124 valence electrons. The predicted molar refractivity (Wildman–Crippen MR) is 81.5 cm³/mol. The van der Waals surface area contributed by atoms with Gasteiger partial charge in [-0.2, -0.15) is 4.39 Å². The van der Waals surface area contributed by atoms with E-state index in [0.717, 1.165) is 12.8 Å². The zero-order valence-corrected chi connectivity index (χ0v) is 13.1. The van der Waals surface area contributed by atoms with Crippen LogP contribution in [0.1, 0.15) is 32.3 Å². The summed E-state index contributed by atoms with van der Waals surface area (Å²) in [6, 6.07) is 5.09. The lowest BCUT2D eigenvalue weighted by Crippen LogP contribution is -2.01. The number of hydrogen-bond acceptors (Lipinski definition) is 1. The van der Waals surface area contributed by atoms with Gasteiger partial charge >= 0.3 is 0 Å². The van der Waals surface area contributed by atoms with Crippen LogP contribution in [0.4, 0.5) is 17.6 Å². The summed E-state index contributed by atoms with van der Waals surface area (Å²) in [5, 5.41) is 0. The number of aryl methyl sites for hydroxylation is 1. The molecule has 0 N–H and O–H groups in total. The van der Waals surface area contributed by atoms with Gasteiger partial charge in [0.05, 0.1) is 6.61 Å². The number of rotatable bonds is 6. The Labute approximate surface area is 132 Å². The van der Waals surface area contributed by atoms with Gasteiger partial charge in [-0.25, -0.2) is 13.2 Å². The van der Waals surface area contributed by atoms with Gasteiger partial charge in [-0.15, -0.1) is 0 Å². The monoisotopic (exact) mass is 326 g/mol. The highest BCUT2D eigenvalue weighted by Crippen LogP contribution is 2.33. The third-order valence-electron chi connectivity index (χ3n) is 3.60. The molecule has 5 heteroatoms. The minimum atomic E-state index is -1.25. The summed E-state index contributed by atoms with van der Waals surface area (Å²) < 4.78 is 61.3. The summed E-state index contributed by atoms with van der Waals surface area (Å²) in [6.07, 6.45) is 1.98. The van der Waals surface area contributed by atoms with Crippen molar-refractivity contribution >= 4 is 0 Å². The summed E-state index contributed by atoms with van der Waals surface area (Å²) in [7, 11) is 0. The zero-order chi connectivity index (χ0) is 17.0. The van der Waals surface area contributed by atoms with E-state index < -0.39 is 23.3 Å². The standard InChI is InChI=1S/C18H18F4O/c1-3-5-6-11-7-8-12(16(20)15(11)19)13-9-10-14(23-4-2)18(22)17(13)21/h7-10H,3-6H2,1-2H3. The average Bonchev–Trinajstić information content (AvgIpc) is 2.54. The molecule has 0 aliphatic carbocycles. The fourth-order valence-corrected chi connectivity index (χ4v) is 2.36. The van der Waals surface area contributed by atoms with Crippen molar-refractivity contribution < 1.29 is 22.3 Å². The van der Waals surface area contributed by atoms with Gasteiger partial charge in [0.1, 0.15) is 0 Å². The summed E-state index contributed by atoms with van der Waals surface area (Å²) >= 11 is 0. The maximum Gasteiger partial charge on any atom is 0.201 e. The highest BCUT2D eigenvalue weighted by Gasteiger charge is 2.21. The summed E-state index contributed by atoms with van der Waals surface area (Å²) in [6.45, 7) is 3.75. The molecule has 2 aromatic carbocycles. The van der Waals surface area contributed by atoms with Gasteiger partial charge in [-0.05, 0) is 37.5 Å². The van der Waals surface area contributed by atoms with E-state index in [1.54, 1.807) is 6.92 Å². The minimum absolute atomic E-state index is 0.171. The second-order valence-electron chi connectivity index (χ2n) is 5.18. The average molecular weight is 326 g/mol. The van der Waals surface area contributed by atoms with Crippen LogP contribution in [-0.2, 0) is 6.42 Å². The highest BCUT2D eigenvalue weighted by atomic mass is 19.2. The minimum Gasteiger partial charge on any atom is -0.491 e. The fraction of sp³-hybridized carbons (Fsp3) is 0.333. The summed E-state index contributed by atoms with van der Waals surface area (Å²) in [4.78, 5) is 0. The van der Waals surface area contributed by atoms with Gasteiger partial charge in [-0.1, -0.05) is 25.5 Å². The molecule has 0 heterocycles. The first-order valence-corrected chi connectivity index (χ1v) is 7.59. The van der Waals surface area contributed by atoms with Gasteiger partial charge in [-0.3, -0.25) is 0 Å². The van der Waals surface area contributed by atoms with E-state index in [-0.39, 0.29) is 29.0 Å². The van der Waals surface area contributed by atoms with Crippen molar-refractivity contribution in [3.63, 3.8) is 0 Å². The topological polar surface area (TPSA) is 9.23 Å². The number of halogens is 4. The van der Waals surface area contributed by atoms with E-state index in [0.29, 0.717) is 6.42 Å². The molecule has 0 aliphatic heterocycles. The normalized spacial score (nSPS) is 10.9. The Morgan fingerprint density at radius 1 is 0.783 bits per heavy atom. The Balaban J connectivity index is 2.47. The van der Waals surface area contributed by atoms with Crippen LogP contribution in [0.5, 0.6) is 5.75 Å². The molecule has 0 aliphatic rings. The first kappa shape index (κ1) is 17.3. The number of ether oxygens (including phenoxy) is 1. The molecule has 0 saturated carbocycles. The highest BCUT2D eigenvalue weighted by molar-refractivity contribution is 5.66. The molecule has 23 heavy (non-hydrogen) atoms. The molecule has 0 amide bonds. The summed E-state index contributed by atoms with van der Waals surface area (Å²) in [5.74, 6) is -4.89. The SMILES string of the molecule is CCCCc1ccc(-c2ccc(OCC)c(F)c2F)c(F)c1F. The van der Waals surface area contributed by atoms with Crippen molar-refractivity contribution in [1.29, 1.82) is 0 Å². The zero-order valence-electron chi connectivity index (χ0n) is 13.1. The van der Waals surface area contributed by atoms with Gasteiger partial charge in [0.25, 0.3) is 0 Å². The Hall–Kier alpha value is -2.04. The molecule has 0 unspecified atom stereocenters. The lowest BCUT2D eigenvalue weighted by Gasteiger charge is -2.11. The van der Waals surface area contributed by atoms with Crippen LogP contribution in [-0.4, -0.2) is 6.61 Å². The number of unbranched alkanes of at least 4 members (excludes halogenated alkanes) is 1. The lowest BCUT2D eigenvalue weighted by molar-refractivity contribution is 0.314. The third kappa shape index (κ3) is 3.49. The van der Waals surface area contributed by atoms with Crippen LogP contribution in [0.3, 0.4) is 0 Å². The first-order chi connectivity index (χ1) is 11.0. The Kier molecular flexibility index (Phi) is 5.64. The van der Waals surface area contributed by atoms with E-state index in [2.05, 4.69) is 0 Å². The van der Waals surface area contributed by atoms with Crippen molar-refractivity contribution in [3.05, 3.63) is 53.1 Å². The maximum absolute atomic E-state index is 14.2. The first-order valence-electron chi connectivity index (χ1n) is 7.59. The van der Waals surface area contributed by atoms with Gasteiger partial charge in [0.15, 0.2) is 23.2 Å². The van der Waals surface area contributed by atoms with Crippen molar-refractivity contribution in [3.8, 4) is 16.9 Å². The van der Waals surface area contributed by atoms with Crippen LogP contribution < -0.4 is 4.74 Å². The smallest absolute Gasteiger partial charge is 0.201 e. The van der Waals surface area contributed by atoms with E-state index in [9.17, 15) is 17.6 Å². The van der Waals surface area contributed by atoms with Gasteiger partial charge in [0.2, 0.25) is 5.82 Å². The van der Waals surface area contributed by atoms with Crippen molar-refractivity contribution in [2.75, 3.05) is 6.61 Å². The molecule has 0 spiro atoms. The Morgan fingerprint density at radius 2 is 1.39 bits per heavy atom. The van der Waals surface area contributed by atoms with Crippen LogP contribution in [0.25, 0.3) is 11.1 Å². The molecule has 2 aromatic rings. The van der Waals surface area contributed by atoms with E-state index in [1.165, 1.54) is 24.3 Å². The molecule has 1 nitrogen and oxygen atoms in total. The third-order valence-corrected chi connectivity index (χ3v) is 3.60. The predicted octanol–water partition coefficient (Wildman–Crippen LogP) is 5.65. The Bertz CT molecular complexity index is 698. The van der Waals surface area contributed by atoms with Gasteiger partial charge < -0.3 is 4.74 Å². The van der Waals surface area contributed by atoms with E-state index in [1.807, 2.05) is 6.92 Å². The van der Waals surface area contributed by atoms with Crippen LogP contribution in [0, 0.1) is 23.3 Å². The molecule has 2 rings (SSSR count). The molecule has 0 saturated heterocycles. The van der Waals surface area contributed by atoms with Gasteiger partial charge in [0, 0.05) is 11.1 Å². The molecular weight excluding hydrogens is 308 g/mol. The second-order valence-corrected chi connectivity index (χ2v) is 5.18. The summed E-state index contributed by atoms with van der Waals surface area (Å²) in [5.41, 5.74) is -0.397. The lowest BCUT2D eigenvalue weighted by atomic mass is 9.99. The molecule has 0 aromatic heterocycles. The van der Waals surface area contributed by atoms with Crippen LogP contribution in [0.15, 0.2) is 24.3 Å².